The molecular weight excluding hydrogens is 261 g/mol. The maximum atomic E-state index is 12.4. The van der Waals surface area contributed by atoms with Crippen LogP contribution in [0.4, 0.5) is 13.2 Å². The number of aliphatic hydroxyl groups is 1. The highest BCUT2D eigenvalue weighted by atomic mass is 19.4. The van der Waals surface area contributed by atoms with Crippen LogP contribution in [-0.2, 0) is 12.0 Å². The van der Waals surface area contributed by atoms with Gasteiger partial charge < -0.3 is 9.52 Å². The predicted octanol–water partition coefficient (Wildman–Crippen LogP) is 2.33. The third-order valence-electron chi connectivity index (χ3n) is 2.47. The number of aromatic nitrogens is 1. The quantitative estimate of drug-likeness (QED) is 0.899. The Kier molecular flexibility index (Phi) is 4.98. The lowest BCUT2D eigenvalue weighted by atomic mass is 9.94. The molecule has 1 aromatic heterocycles. The van der Waals surface area contributed by atoms with E-state index in [9.17, 15) is 13.2 Å². The first-order valence-electron chi connectivity index (χ1n) is 5.97. The molecule has 0 saturated carbocycles. The fourth-order valence-corrected chi connectivity index (χ4v) is 1.53. The summed E-state index contributed by atoms with van der Waals surface area (Å²) in [7, 11) is 0. The molecule has 1 rings (SSSR count). The molecule has 1 heterocycles. The number of aliphatic hydroxyl groups excluding tert-OH is 1. The van der Waals surface area contributed by atoms with Gasteiger partial charge in [0.25, 0.3) is 0 Å². The number of halogens is 3. The predicted molar refractivity (Wildman–Crippen MR) is 63.6 cm³/mol. The average molecular weight is 280 g/mol. The molecule has 7 heteroatoms. The second-order valence-electron chi connectivity index (χ2n) is 5.42. The molecule has 0 unspecified atom stereocenters. The second-order valence-corrected chi connectivity index (χ2v) is 5.42. The lowest BCUT2D eigenvalue weighted by Crippen LogP contribution is -2.35. The third kappa shape index (κ3) is 5.61. The summed E-state index contributed by atoms with van der Waals surface area (Å²) in [6.45, 7) is 4.20. The molecular formula is C12H19F3N2O2. The Balaban J connectivity index is 2.71. The van der Waals surface area contributed by atoms with Gasteiger partial charge in [0.15, 0.2) is 0 Å². The van der Waals surface area contributed by atoms with Crippen molar-refractivity contribution >= 4 is 0 Å². The number of nitrogens with zero attached hydrogens (tertiary/aromatic N) is 2. The molecule has 1 N–H and O–H groups in total. The van der Waals surface area contributed by atoms with E-state index in [0.29, 0.717) is 5.76 Å². The van der Waals surface area contributed by atoms with Crippen LogP contribution in [-0.4, -0.2) is 40.9 Å². The molecule has 110 valence electrons. The lowest BCUT2D eigenvalue weighted by Gasteiger charge is -2.21. The summed E-state index contributed by atoms with van der Waals surface area (Å²) < 4.78 is 42.5. The highest BCUT2D eigenvalue weighted by Crippen LogP contribution is 2.24. The SMILES string of the molecule is CC(C)(C)c1cnc(CN(CCO)CC(F)(F)F)o1. The minimum Gasteiger partial charge on any atom is -0.444 e. The van der Waals surface area contributed by atoms with Crippen LogP contribution in [0.15, 0.2) is 10.6 Å². The topological polar surface area (TPSA) is 49.5 Å². The van der Waals surface area contributed by atoms with Crippen molar-refractivity contribution in [1.29, 1.82) is 0 Å². The molecule has 0 aliphatic rings. The molecule has 0 fully saturated rings. The molecule has 1 aromatic rings. The second kappa shape index (κ2) is 5.92. The first-order chi connectivity index (χ1) is 8.62. The zero-order valence-electron chi connectivity index (χ0n) is 11.3. The molecule has 4 nitrogen and oxygen atoms in total. The number of rotatable bonds is 5. The zero-order chi connectivity index (χ0) is 14.7. The molecule has 0 amide bonds. The fraction of sp³-hybridized carbons (Fsp3) is 0.750. The van der Waals surface area contributed by atoms with Crippen LogP contribution >= 0.6 is 0 Å². The van der Waals surface area contributed by atoms with Crippen molar-refractivity contribution in [3.8, 4) is 0 Å². The van der Waals surface area contributed by atoms with Crippen molar-refractivity contribution in [2.45, 2.75) is 38.9 Å². The summed E-state index contributed by atoms with van der Waals surface area (Å²) in [4.78, 5) is 5.03. The van der Waals surface area contributed by atoms with E-state index in [0.717, 1.165) is 4.90 Å². The van der Waals surface area contributed by atoms with Gasteiger partial charge in [-0.05, 0) is 0 Å². The molecule has 0 bridgehead atoms. The van der Waals surface area contributed by atoms with Crippen LogP contribution in [0.1, 0.15) is 32.4 Å². The molecule has 0 aliphatic heterocycles. The van der Waals surface area contributed by atoms with Crippen molar-refractivity contribution in [2.75, 3.05) is 19.7 Å². The van der Waals surface area contributed by atoms with E-state index in [-0.39, 0.29) is 31.0 Å². The fourth-order valence-electron chi connectivity index (χ4n) is 1.53. The van der Waals surface area contributed by atoms with Gasteiger partial charge in [-0.25, -0.2) is 4.98 Å². The first kappa shape index (κ1) is 16.0. The van der Waals surface area contributed by atoms with Gasteiger partial charge in [0, 0.05) is 12.0 Å². The molecule has 0 spiro atoms. The maximum absolute atomic E-state index is 12.4. The van der Waals surface area contributed by atoms with Crippen LogP contribution in [0.2, 0.25) is 0 Å². The maximum Gasteiger partial charge on any atom is 0.401 e. The van der Waals surface area contributed by atoms with Crippen LogP contribution < -0.4 is 0 Å². The van der Waals surface area contributed by atoms with E-state index in [4.69, 9.17) is 9.52 Å². The van der Waals surface area contributed by atoms with E-state index in [1.54, 1.807) is 0 Å². The molecule has 0 atom stereocenters. The summed E-state index contributed by atoms with van der Waals surface area (Å²) in [6.07, 6.45) is -2.78. The number of hydrogen-bond donors (Lipinski definition) is 1. The van der Waals surface area contributed by atoms with Crippen LogP contribution in [0.3, 0.4) is 0 Å². The number of oxazole rings is 1. The smallest absolute Gasteiger partial charge is 0.401 e. The zero-order valence-corrected chi connectivity index (χ0v) is 11.3. The average Bonchev–Trinajstić information content (AvgIpc) is 2.63. The van der Waals surface area contributed by atoms with Gasteiger partial charge in [-0.3, -0.25) is 4.90 Å². The van der Waals surface area contributed by atoms with Gasteiger partial charge in [-0.1, -0.05) is 20.8 Å². The van der Waals surface area contributed by atoms with Crippen LogP contribution in [0, 0.1) is 0 Å². The van der Waals surface area contributed by atoms with Gasteiger partial charge in [-0.2, -0.15) is 13.2 Å². The first-order valence-corrected chi connectivity index (χ1v) is 5.97. The molecule has 19 heavy (non-hydrogen) atoms. The summed E-state index contributed by atoms with van der Waals surface area (Å²) >= 11 is 0. The normalized spacial score (nSPS) is 13.3. The van der Waals surface area contributed by atoms with Crippen molar-refractivity contribution in [3.05, 3.63) is 17.8 Å². The van der Waals surface area contributed by atoms with Gasteiger partial charge >= 0.3 is 6.18 Å². The summed E-state index contributed by atoms with van der Waals surface area (Å²) in [5.74, 6) is 0.848. The minimum atomic E-state index is -4.31. The van der Waals surface area contributed by atoms with E-state index < -0.39 is 12.7 Å². The van der Waals surface area contributed by atoms with E-state index in [1.165, 1.54) is 6.20 Å². The number of hydrogen-bond acceptors (Lipinski definition) is 4. The Bertz CT molecular complexity index is 396. The number of alkyl halides is 3. The Hall–Kier alpha value is -1.08. The van der Waals surface area contributed by atoms with Gasteiger partial charge in [-0.15, -0.1) is 0 Å². The molecule has 0 saturated heterocycles. The summed E-state index contributed by atoms with van der Waals surface area (Å²) in [5.41, 5.74) is -0.239. The van der Waals surface area contributed by atoms with Crippen molar-refractivity contribution in [2.24, 2.45) is 0 Å². The van der Waals surface area contributed by atoms with Crippen LogP contribution in [0.5, 0.6) is 0 Å². The van der Waals surface area contributed by atoms with Crippen molar-refractivity contribution in [3.63, 3.8) is 0 Å². The monoisotopic (exact) mass is 280 g/mol. The largest absolute Gasteiger partial charge is 0.444 e. The third-order valence-corrected chi connectivity index (χ3v) is 2.47. The highest BCUT2D eigenvalue weighted by molar-refractivity contribution is 5.05. The Morgan fingerprint density at radius 1 is 1.32 bits per heavy atom. The van der Waals surface area contributed by atoms with E-state index in [2.05, 4.69) is 4.98 Å². The van der Waals surface area contributed by atoms with Crippen LogP contribution in [0.25, 0.3) is 0 Å². The van der Waals surface area contributed by atoms with Gasteiger partial charge in [0.05, 0.1) is 25.9 Å². The Morgan fingerprint density at radius 3 is 2.37 bits per heavy atom. The van der Waals surface area contributed by atoms with E-state index >= 15 is 0 Å². The minimum absolute atomic E-state index is 0.0733. The summed E-state index contributed by atoms with van der Waals surface area (Å²) in [6, 6.07) is 0. The van der Waals surface area contributed by atoms with Gasteiger partial charge in [0.1, 0.15) is 5.76 Å². The van der Waals surface area contributed by atoms with Crippen molar-refractivity contribution in [1.82, 2.24) is 9.88 Å². The Labute approximate surface area is 110 Å². The van der Waals surface area contributed by atoms with Gasteiger partial charge in [0.2, 0.25) is 5.89 Å². The summed E-state index contributed by atoms with van der Waals surface area (Å²) in [5, 5.41) is 8.79. The molecule has 0 aromatic carbocycles. The van der Waals surface area contributed by atoms with Crippen molar-refractivity contribution < 1.29 is 22.7 Å². The highest BCUT2D eigenvalue weighted by Gasteiger charge is 2.31. The standard InChI is InChI=1S/C12H19F3N2O2/c1-11(2,3)9-6-16-10(19-9)7-17(4-5-18)8-12(13,14)15/h6,18H,4-5,7-8H2,1-3H3. The Morgan fingerprint density at radius 2 is 1.95 bits per heavy atom. The lowest BCUT2D eigenvalue weighted by molar-refractivity contribution is -0.148. The molecule has 0 radical (unpaired) electrons. The molecule has 0 aliphatic carbocycles. The van der Waals surface area contributed by atoms with E-state index in [1.807, 2.05) is 20.8 Å².